The third-order valence-corrected chi connectivity index (χ3v) is 3.00. The highest BCUT2D eigenvalue weighted by molar-refractivity contribution is 5.77. The van der Waals surface area contributed by atoms with E-state index in [0.717, 1.165) is 25.9 Å². The molecule has 0 bridgehead atoms. The molecular formula is C11H22N2O3. The van der Waals surface area contributed by atoms with Crippen molar-refractivity contribution in [3.63, 3.8) is 0 Å². The van der Waals surface area contributed by atoms with Crippen molar-refractivity contribution in [2.24, 2.45) is 5.92 Å². The van der Waals surface area contributed by atoms with E-state index in [1.165, 1.54) is 0 Å². The van der Waals surface area contributed by atoms with Gasteiger partial charge in [0.1, 0.15) is 0 Å². The Balaban J connectivity index is 2.22. The molecule has 5 heteroatoms. The lowest BCUT2D eigenvalue weighted by Crippen LogP contribution is -2.43. The minimum atomic E-state index is -0.0773. The van der Waals surface area contributed by atoms with Gasteiger partial charge in [-0.2, -0.15) is 0 Å². The molecule has 1 fully saturated rings. The lowest BCUT2D eigenvalue weighted by molar-refractivity contribution is -0.140. The lowest BCUT2D eigenvalue weighted by atomic mass is 9.95. The molecule has 1 saturated heterocycles. The minimum Gasteiger partial charge on any atom is -0.394 e. The number of carbonyl (C=O) groups excluding carboxylic acids is 1. The number of likely N-dealkylation sites (tertiary alicyclic amines) is 1. The monoisotopic (exact) mass is 230 g/mol. The molecule has 0 aromatic rings. The first-order valence-electron chi connectivity index (χ1n) is 5.91. The number of aliphatic hydroxyl groups is 1. The smallest absolute Gasteiger partial charge is 0.246 e. The highest BCUT2D eigenvalue weighted by atomic mass is 16.7. The summed E-state index contributed by atoms with van der Waals surface area (Å²) < 4.78 is 0. The number of nitrogens with zero attached hydrogens (tertiary/aromatic N) is 1. The highest BCUT2D eigenvalue weighted by Crippen LogP contribution is 2.18. The highest BCUT2D eigenvalue weighted by Gasteiger charge is 2.25. The number of carbonyl (C=O) groups is 1. The molecule has 0 atom stereocenters. The first-order valence-corrected chi connectivity index (χ1v) is 5.91. The van der Waals surface area contributed by atoms with Gasteiger partial charge in [0.2, 0.25) is 5.91 Å². The molecule has 0 spiro atoms. The summed E-state index contributed by atoms with van der Waals surface area (Å²) in [6.45, 7) is 6.35. The molecule has 2 N–H and O–H groups in total. The van der Waals surface area contributed by atoms with E-state index in [2.05, 4.69) is 24.2 Å². The number of aliphatic hydroxyl groups excluding tert-OH is 1. The molecule has 0 aliphatic carbocycles. The lowest BCUT2D eigenvalue weighted by Gasteiger charge is -2.33. The normalized spacial score (nSPS) is 19.0. The van der Waals surface area contributed by atoms with Crippen LogP contribution in [0.15, 0.2) is 0 Å². The SMILES string of the molecule is CC(C)N1CCC(C(=O)NOCCO)CC1. The zero-order chi connectivity index (χ0) is 12.0. The van der Waals surface area contributed by atoms with E-state index in [4.69, 9.17) is 9.94 Å². The number of rotatable bonds is 5. The van der Waals surface area contributed by atoms with Crippen molar-refractivity contribution in [1.82, 2.24) is 10.4 Å². The van der Waals surface area contributed by atoms with Gasteiger partial charge in [-0.15, -0.1) is 0 Å². The topological polar surface area (TPSA) is 61.8 Å². The van der Waals surface area contributed by atoms with Crippen LogP contribution < -0.4 is 5.48 Å². The number of hydrogen-bond acceptors (Lipinski definition) is 4. The molecule has 0 aromatic carbocycles. The fourth-order valence-corrected chi connectivity index (χ4v) is 1.93. The fraction of sp³-hybridized carbons (Fsp3) is 0.909. The van der Waals surface area contributed by atoms with Gasteiger partial charge in [-0.05, 0) is 39.8 Å². The van der Waals surface area contributed by atoms with E-state index < -0.39 is 0 Å². The quantitative estimate of drug-likeness (QED) is 0.521. The Morgan fingerprint density at radius 2 is 2.12 bits per heavy atom. The van der Waals surface area contributed by atoms with Gasteiger partial charge in [0.25, 0.3) is 0 Å². The van der Waals surface area contributed by atoms with E-state index in [9.17, 15) is 4.79 Å². The van der Waals surface area contributed by atoms with Gasteiger partial charge in [-0.25, -0.2) is 5.48 Å². The third kappa shape index (κ3) is 4.08. The standard InChI is InChI=1S/C11H22N2O3/c1-9(2)13-5-3-10(4-6-13)11(15)12-16-8-7-14/h9-10,14H,3-8H2,1-2H3,(H,12,15). The predicted octanol–water partition coefficient (Wildman–Crippen LogP) is 0.147. The second-order valence-corrected chi connectivity index (χ2v) is 4.44. The first-order chi connectivity index (χ1) is 7.65. The van der Waals surface area contributed by atoms with Crippen molar-refractivity contribution in [3.05, 3.63) is 0 Å². The van der Waals surface area contributed by atoms with Crippen molar-refractivity contribution in [2.75, 3.05) is 26.3 Å². The molecule has 1 aliphatic rings. The molecule has 1 rings (SSSR count). The zero-order valence-electron chi connectivity index (χ0n) is 10.1. The maximum Gasteiger partial charge on any atom is 0.246 e. The molecular weight excluding hydrogens is 208 g/mol. The number of hydrogen-bond donors (Lipinski definition) is 2. The van der Waals surface area contributed by atoms with E-state index in [0.29, 0.717) is 6.04 Å². The van der Waals surface area contributed by atoms with Crippen LogP contribution >= 0.6 is 0 Å². The van der Waals surface area contributed by atoms with E-state index in [1.807, 2.05) is 0 Å². The van der Waals surface area contributed by atoms with Gasteiger partial charge >= 0.3 is 0 Å². The first kappa shape index (κ1) is 13.4. The molecule has 16 heavy (non-hydrogen) atoms. The number of amides is 1. The maximum atomic E-state index is 11.6. The third-order valence-electron chi connectivity index (χ3n) is 3.00. The second-order valence-electron chi connectivity index (χ2n) is 4.44. The van der Waals surface area contributed by atoms with Crippen LogP contribution in [0, 0.1) is 5.92 Å². The van der Waals surface area contributed by atoms with E-state index in [1.54, 1.807) is 0 Å². The Bertz CT molecular complexity index is 213. The van der Waals surface area contributed by atoms with Crippen LogP contribution in [0.4, 0.5) is 0 Å². The summed E-state index contributed by atoms with van der Waals surface area (Å²) in [4.78, 5) is 18.8. The molecule has 0 unspecified atom stereocenters. The Morgan fingerprint density at radius 1 is 1.50 bits per heavy atom. The average Bonchev–Trinajstić information content (AvgIpc) is 2.29. The van der Waals surface area contributed by atoms with Crippen LogP contribution in [0.5, 0.6) is 0 Å². The zero-order valence-corrected chi connectivity index (χ0v) is 10.1. The Morgan fingerprint density at radius 3 is 2.62 bits per heavy atom. The summed E-state index contributed by atoms with van der Waals surface area (Å²) in [6.07, 6.45) is 1.76. The summed E-state index contributed by atoms with van der Waals surface area (Å²) in [6, 6.07) is 0.551. The van der Waals surface area contributed by atoms with Gasteiger partial charge in [0.15, 0.2) is 0 Å². The molecule has 0 aromatic heterocycles. The molecule has 0 radical (unpaired) electrons. The van der Waals surface area contributed by atoms with Gasteiger partial charge in [0, 0.05) is 12.0 Å². The summed E-state index contributed by atoms with van der Waals surface area (Å²) in [5.41, 5.74) is 2.38. The summed E-state index contributed by atoms with van der Waals surface area (Å²) in [7, 11) is 0. The van der Waals surface area contributed by atoms with Crippen molar-refractivity contribution < 1.29 is 14.7 Å². The summed E-state index contributed by atoms with van der Waals surface area (Å²) >= 11 is 0. The number of nitrogens with one attached hydrogen (secondary N) is 1. The van der Waals surface area contributed by atoms with Crippen molar-refractivity contribution >= 4 is 5.91 Å². The van der Waals surface area contributed by atoms with Gasteiger partial charge in [0.05, 0.1) is 13.2 Å². The largest absolute Gasteiger partial charge is 0.394 e. The molecule has 1 heterocycles. The van der Waals surface area contributed by atoms with Gasteiger partial charge in [-0.1, -0.05) is 0 Å². The molecule has 0 saturated carbocycles. The Kier molecular flexibility index (Phi) is 5.73. The van der Waals surface area contributed by atoms with Crippen LogP contribution in [0.2, 0.25) is 0 Å². The van der Waals surface area contributed by atoms with Crippen molar-refractivity contribution in [1.29, 1.82) is 0 Å². The summed E-state index contributed by atoms with van der Waals surface area (Å²) in [5, 5.41) is 8.50. The van der Waals surface area contributed by atoms with Crippen molar-refractivity contribution in [2.45, 2.75) is 32.7 Å². The maximum absolute atomic E-state index is 11.6. The molecule has 1 aliphatic heterocycles. The van der Waals surface area contributed by atoms with Crippen LogP contribution in [0.3, 0.4) is 0 Å². The van der Waals surface area contributed by atoms with E-state index >= 15 is 0 Å². The van der Waals surface area contributed by atoms with Crippen LogP contribution in [-0.4, -0.2) is 48.3 Å². The van der Waals surface area contributed by atoms with E-state index in [-0.39, 0.29) is 25.0 Å². The molecule has 1 amide bonds. The Hall–Kier alpha value is -0.650. The molecule has 5 nitrogen and oxygen atoms in total. The van der Waals surface area contributed by atoms with Crippen molar-refractivity contribution in [3.8, 4) is 0 Å². The van der Waals surface area contributed by atoms with Gasteiger partial charge < -0.3 is 10.0 Å². The molecule has 94 valence electrons. The van der Waals surface area contributed by atoms with Crippen LogP contribution in [0.1, 0.15) is 26.7 Å². The number of hydroxylamine groups is 1. The van der Waals surface area contributed by atoms with Crippen LogP contribution in [0.25, 0.3) is 0 Å². The average molecular weight is 230 g/mol. The minimum absolute atomic E-state index is 0.0497. The van der Waals surface area contributed by atoms with Gasteiger partial charge in [-0.3, -0.25) is 9.63 Å². The number of piperidine rings is 1. The van der Waals surface area contributed by atoms with Crippen LogP contribution in [-0.2, 0) is 9.63 Å². The fourth-order valence-electron chi connectivity index (χ4n) is 1.93. The second kappa shape index (κ2) is 6.83. The predicted molar refractivity (Wildman–Crippen MR) is 60.6 cm³/mol. The Labute approximate surface area is 96.7 Å². The summed E-state index contributed by atoms with van der Waals surface area (Å²) in [5.74, 6) is -0.00875.